The number of dihydropyridines is 1. The first kappa shape index (κ1) is 4.03. The third-order valence-electron chi connectivity index (χ3n) is 0.629. The van der Waals surface area contributed by atoms with Crippen molar-refractivity contribution < 1.29 is 4.79 Å². The van der Waals surface area contributed by atoms with Gasteiger partial charge in [-0.15, -0.1) is 0 Å². The molecule has 1 heterocycles. The molecule has 0 saturated carbocycles. The number of allylic oxidation sites excluding steroid dienone is 2. The van der Waals surface area contributed by atoms with Gasteiger partial charge in [0.2, 0.25) is 0 Å². The standard InChI is InChI=1S/C5H3NO/c7-5-3-1-2-4-6-5/h1,3-4H/p+1. The number of nitrogens with one attached hydrogen (secondary N) is 1. The molecule has 0 bridgehead atoms. The van der Waals surface area contributed by atoms with Crippen LogP contribution in [-0.2, 0) is 4.79 Å². The molecule has 2 nitrogen and oxygen atoms in total. The highest BCUT2D eigenvalue weighted by Crippen LogP contribution is 1.80. The van der Waals surface area contributed by atoms with E-state index in [0.717, 1.165) is 0 Å². The minimum atomic E-state index is -0.0845. The fourth-order valence-electron chi connectivity index (χ4n) is 0.333. The van der Waals surface area contributed by atoms with Gasteiger partial charge in [0.25, 0.3) is 0 Å². The maximum absolute atomic E-state index is 10.2. The average molecular weight is 94.1 g/mol. The summed E-state index contributed by atoms with van der Waals surface area (Å²) in [5.74, 6) is -0.0845. The summed E-state index contributed by atoms with van der Waals surface area (Å²) in [4.78, 5) is 10.2. The molecule has 1 rings (SSSR count). The van der Waals surface area contributed by atoms with Crippen LogP contribution in [0.2, 0.25) is 0 Å². The zero-order chi connectivity index (χ0) is 5.11. The fraction of sp³-hybridized carbons (Fsp3) is 0. The molecule has 0 atom stereocenters. The normalized spacial score (nSPS) is 15.7. The molecule has 0 spiro atoms. The summed E-state index contributed by atoms with van der Waals surface area (Å²) in [6.07, 6.45) is 7.14. The van der Waals surface area contributed by atoms with Crippen LogP contribution < -0.4 is 5.32 Å². The fourth-order valence-corrected chi connectivity index (χ4v) is 0.333. The summed E-state index contributed by atoms with van der Waals surface area (Å²) in [5, 5.41) is 2.42. The Labute approximate surface area is 41.5 Å². The second-order valence-electron chi connectivity index (χ2n) is 1.15. The third kappa shape index (κ3) is 0.845. The summed E-state index contributed by atoms with van der Waals surface area (Å²) in [5.41, 5.74) is 0. The van der Waals surface area contributed by atoms with E-state index in [1.807, 2.05) is 0 Å². The first-order chi connectivity index (χ1) is 3.39. The average Bonchev–Trinajstić information content (AvgIpc) is 1.69. The van der Waals surface area contributed by atoms with Gasteiger partial charge in [-0.3, -0.25) is 5.32 Å². The van der Waals surface area contributed by atoms with E-state index in [2.05, 4.69) is 11.4 Å². The number of carbonyl (C=O) groups is 1. The molecule has 0 aromatic rings. The smallest absolute Gasteiger partial charge is 0.286 e. The van der Waals surface area contributed by atoms with Crippen molar-refractivity contribution in [3.05, 3.63) is 24.4 Å². The Kier molecular flexibility index (Phi) is 0.886. The second kappa shape index (κ2) is 1.54. The largest absolute Gasteiger partial charge is 0.333 e. The van der Waals surface area contributed by atoms with E-state index in [1.54, 1.807) is 6.08 Å². The molecule has 1 aliphatic rings. The molecular weight excluding hydrogens is 90.1 g/mol. The Morgan fingerprint density at radius 1 is 1.71 bits per heavy atom. The molecule has 7 heavy (non-hydrogen) atoms. The van der Waals surface area contributed by atoms with E-state index < -0.39 is 0 Å². The molecular formula is C5H4NO+. The highest BCUT2D eigenvalue weighted by Gasteiger charge is 2.00. The van der Waals surface area contributed by atoms with Crippen LogP contribution in [0.25, 0.3) is 0 Å². The highest BCUT2D eigenvalue weighted by atomic mass is 16.1. The molecule has 2 heteroatoms. The van der Waals surface area contributed by atoms with Crippen LogP contribution in [0, 0.1) is 6.08 Å². The minimum Gasteiger partial charge on any atom is -0.286 e. The zero-order valence-corrected chi connectivity index (χ0v) is 3.64. The molecule has 0 radical (unpaired) electrons. The van der Waals surface area contributed by atoms with E-state index in [4.69, 9.17) is 0 Å². The Balaban J connectivity index is 2.66. The summed E-state index contributed by atoms with van der Waals surface area (Å²) in [7, 11) is 0. The predicted octanol–water partition coefficient (Wildman–Crippen LogP) is -0.0107. The number of carbonyl (C=O) groups excluding carboxylic acids is 1. The van der Waals surface area contributed by atoms with E-state index >= 15 is 0 Å². The van der Waals surface area contributed by atoms with Crippen LogP contribution in [0.3, 0.4) is 0 Å². The Morgan fingerprint density at radius 2 is 2.57 bits per heavy atom. The van der Waals surface area contributed by atoms with Gasteiger partial charge in [-0.05, 0) is 0 Å². The van der Waals surface area contributed by atoms with Crippen LogP contribution in [-0.4, -0.2) is 5.91 Å². The van der Waals surface area contributed by atoms with Gasteiger partial charge in [-0.2, -0.15) is 0 Å². The maximum atomic E-state index is 10.2. The van der Waals surface area contributed by atoms with Crippen LogP contribution >= 0.6 is 0 Å². The van der Waals surface area contributed by atoms with Gasteiger partial charge in [0.05, 0.1) is 0 Å². The molecule has 1 amide bonds. The lowest BCUT2D eigenvalue weighted by Gasteiger charge is -1.83. The highest BCUT2D eigenvalue weighted by molar-refractivity contribution is 5.89. The maximum Gasteiger partial charge on any atom is 0.333 e. The molecule has 34 valence electrons. The lowest BCUT2D eigenvalue weighted by Crippen LogP contribution is -2.15. The van der Waals surface area contributed by atoms with E-state index in [1.165, 1.54) is 12.3 Å². The first-order valence-corrected chi connectivity index (χ1v) is 1.94. The lowest BCUT2D eigenvalue weighted by molar-refractivity contribution is -0.115. The van der Waals surface area contributed by atoms with Crippen molar-refractivity contribution in [1.82, 2.24) is 5.32 Å². The van der Waals surface area contributed by atoms with Crippen molar-refractivity contribution in [2.75, 3.05) is 0 Å². The molecule has 0 aromatic carbocycles. The second-order valence-corrected chi connectivity index (χ2v) is 1.15. The zero-order valence-electron chi connectivity index (χ0n) is 3.64. The van der Waals surface area contributed by atoms with Gasteiger partial charge >= 0.3 is 5.91 Å². The van der Waals surface area contributed by atoms with E-state index in [0.29, 0.717) is 0 Å². The molecule has 1 N–H and O–H groups in total. The van der Waals surface area contributed by atoms with Gasteiger partial charge in [0.15, 0.2) is 12.3 Å². The summed E-state index contributed by atoms with van der Waals surface area (Å²) >= 11 is 0. The van der Waals surface area contributed by atoms with Gasteiger partial charge < -0.3 is 0 Å². The molecule has 0 fully saturated rings. The van der Waals surface area contributed by atoms with Crippen LogP contribution in [0.1, 0.15) is 0 Å². The van der Waals surface area contributed by atoms with Gasteiger partial charge in [0, 0.05) is 0 Å². The third-order valence-corrected chi connectivity index (χ3v) is 0.629. The lowest BCUT2D eigenvalue weighted by atomic mass is 10.4. The van der Waals surface area contributed by atoms with E-state index in [-0.39, 0.29) is 5.91 Å². The minimum absolute atomic E-state index is 0.0845. The van der Waals surface area contributed by atoms with Crippen molar-refractivity contribution in [3.63, 3.8) is 0 Å². The number of rotatable bonds is 0. The molecule has 0 saturated heterocycles. The number of amides is 1. The van der Waals surface area contributed by atoms with E-state index in [9.17, 15) is 4.79 Å². The summed E-state index contributed by atoms with van der Waals surface area (Å²) in [6.45, 7) is 0. The Hall–Kier alpha value is -1.14. The monoisotopic (exact) mass is 94.0 g/mol. The number of hydrogen-bond donors (Lipinski definition) is 1. The van der Waals surface area contributed by atoms with Crippen molar-refractivity contribution in [1.29, 1.82) is 0 Å². The topological polar surface area (TPSA) is 29.1 Å². The molecule has 0 aliphatic carbocycles. The van der Waals surface area contributed by atoms with Crippen LogP contribution in [0.15, 0.2) is 18.4 Å². The summed E-state index contributed by atoms with van der Waals surface area (Å²) < 4.78 is 0. The van der Waals surface area contributed by atoms with Crippen molar-refractivity contribution >= 4 is 5.91 Å². The van der Waals surface area contributed by atoms with Crippen LogP contribution in [0.4, 0.5) is 0 Å². The van der Waals surface area contributed by atoms with Crippen molar-refractivity contribution in [2.24, 2.45) is 0 Å². The number of hydrogen-bond acceptors (Lipinski definition) is 1. The summed E-state index contributed by atoms with van der Waals surface area (Å²) in [6, 6.07) is 0. The molecule has 0 aromatic heterocycles. The van der Waals surface area contributed by atoms with Crippen LogP contribution in [0.5, 0.6) is 0 Å². The Bertz CT molecular complexity index is 135. The quantitative estimate of drug-likeness (QED) is 0.420. The van der Waals surface area contributed by atoms with Gasteiger partial charge in [0.1, 0.15) is 12.2 Å². The SMILES string of the molecule is O=C1C=C[C+]=CN1. The first-order valence-electron chi connectivity index (χ1n) is 1.94. The molecule has 1 aliphatic heterocycles. The van der Waals surface area contributed by atoms with Gasteiger partial charge in [-0.25, -0.2) is 4.79 Å². The predicted molar refractivity (Wildman–Crippen MR) is 25.1 cm³/mol. The molecule has 0 unspecified atom stereocenters. The van der Waals surface area contributed by atoms with Crippen molar-refractivity contribution in [3.8, 4) is 0 Å². The van der Waals surface area contributed by atoms with Crippen molar-refractivity contribution in [2.45, 2.75) is 0 Å². The van der Waals surface area contributed by atoms with Gasteiger partial charge in [-0.1, -0.05) is 0 Å². The Morgan fingerprint density at radius 3 is 2.86 bits per heavy atom.